The quantitative estimate of drug-likeness (QED) is 0.512. The Morgan fingerprint density at radius 1 is 0.966 bits per heavy atom. The van der Waals surface area contributed by atoms with Crippen LogP contribution in [0, 0.1) is 10.1 Å². The van der Waals surface area contributed by atoms with E-state index in [1.807, 2.05) is 12.1 Å². The molecule has 0 atom stereocenters. The lowest BCUT2D eigenvalue weighted by Gasteiger charge is -2.31. The van der Waals surface area contributed by atoms with Crippen LogP contribution in [-0.2, 0) is 16.6 Å². The number of sulfonamides is 1. The second-order valence-electron chi connectivity index (χ2n) is 7.22. The first-order valence-electron chi connectivity index (χ1n) is 9.50. The first-order chi connectivity index (χ1) is 13.9. The van der Waals surface area contributed by atoms with E-state index in [1.165, 1.54) is 43.7 Å². The van der Waals surface area contributed by atoms with Gasteiger partial charge >= 0.3 is 0 Å². The van der Waals surface area contributed by atoms with Gasteiger partial charge in [-0.05, 0) is 16.8 Å². The van der Waals surface area contributed by atoms with Gasteiger partial charge in [-0.25, -0.2) is 8.42 Å². The van der Waals surface area contributed by atoms with Crippen LogP contribution < -0.4 is 4.90 Å². The van der Waals surface area contributed by atoms with E-state index >= 15 is 0 Å². The lowest BCUT2D eigenvalue weighted by Crippen LogP contribution is -3.13. The number of nitrogens with one attached hydrogen (secondary N) is 1. The summed E-state index contributed by atoms with van der Waals surface area (Å²) in [5, 5.41) is 13.4. The van der Waals surface area contributed by atoms with E-state index in [4.69, 9.17) is 0 Å². The Kier molecular flexibility index (Phi) is 5.31. The molecule has 1 fully saturated rings. The van der Waals surface area contributed by atoms with Crippen molar-refractivity contribution in [2.75, 3.05) is 26.2 Å². The van der Waals surface area contributed by atoms with Crippen LogP contribution in [0.1, 0.15) is 5.56 Å². The molecule has 0 aliphatic carbocycles. The maximum Gasteiger partial charge on any atom is 0.270 e. The summed E-state index contributed by atoms with van der Waals surface area (Å²) in [7, 11) is -3.73. The van der Waals surface area contributed by atoms with Gasteiger partial charge in [0.25, 0.3) is 5.69 Å². The number of fused-ring (bicyclic) bond motifs is 1. The van der Waals surface area contributed by atoms with Crippen molar-refractivity contribution in [3.05, 3.63) is 82.4 Å². The van der Waals surface area contributed by atoms with Crippen LogP contribution >= 0.6 is 0 Å². The Labute approximate surface area is 169 Å². The van der Waals surface area contributed by atoms with Crippen LogP contribution in [0.15, 0.2) is 71.6 Å². The van der Waals surface area contributed by atoms with Gasteiger partial charge in [0, 0.05) is 17.7 Å². The number of rotatable bonds is 5. The predicted molar refractivity (Wildman–Crippen MR) is 110 cm³/mol. The van der Waals surface area contributed by atoms with Crippen LogP contribution in [0.2, 0.25) is 0 Å². The molecular weight excluding hydrogens is 390 g/mol. The van der Waals surface area contributed by atoms with Crippen molar-refractivity contribution in [2.24, 2.45) is 0 Å². The monoisotopic (exact) mass is 412 g/mol. The van der Waals surface area contributed by atoms with Crippen LogP contribution in [0.25, 0.3) is 10.8 Å². The van der Waals surface area contributed by atoms with Gasteiger partial charge in [0.15, 0.2) is 0 Å². The molecule has 1 aliphatic rings. The summed E-state index contributed by atoms with van der Waals surface area (Å²) >= 11 is 0. The van der Waals surface area contributed by atoms with Gasteiger partial charge in [0.2, 0.25) is 10.0 Å². The Bertz CT molecular complexity index is 1150. The van der Waals surface area contributed by atoms with Crippen molar-refractivity contribution in [3.8, 4) is 0 Å². The first-order valence-corrected chi connectivity index (χ1v) is 10.9. The summed E-state index contributed by atoms with van der Waals surface area (Å²) in [5.74, 6) is 0. The number of nitro benzene ring substituents is 1. The molecule has 1 heterocycles. The van der Waals surface area contributed by atoms with Crippen molar-refractivity contribution < 1.29 is 18.2 Å². The normalized spacial score (nSPS) is 16.1. The van der Waals surface area contributed by atoms with Gasteiger partial charge in [-0.15, -0.1) is 0 Å². The molecule has 0 amide bonds. The molecule has 7 nitrogen and oxygen atoms in total. The van der Waals surface area contributed by atoms with Crippen LogP contribution in [0.4, 0.5) is 5.69 Å². The summed E-state index contributed by atoms with van der Waals surface area (Å²) in [6.45, 7) is 3.01. The molecule has 3 aromatic carbocycles. The fraction of sp³-hybridized carbons (Fsp3) is 0.238. The molecule has 29 heavy (non-hydrogen) atoms. The Hall–Kier alpha value is -2.81. The average Bonchev–Trinajstić information content (AvgIpc) is 2.74. The maximum atomic E-state index is 12.9. The largest absolute Gasteiger partial charge is 0.329 e. The molecule has 0 spiro atoms. The lowest BCUT2D eigenvalue weighted by molar-refractivity contribution is -0.917. The number of non-ortho nitro benzene ring substituents is 1. The number of benzene rings is 3. The van der Waals surface area contributed by atoms with Gasteiger partial charge < -0.3 is 4.90 Å². The Morgan fingerprint density at radius 2 is 1.66 bits per heavy atom. The van der Waals surface area contributed by atoms with Crippen molar-refractivity contribution in [1.82, 2.24) is 4.31 Å². The zero-order chi connectivity index (χ0) is 20.4. The van der Waals surface area contributed by atoms with Crippen molar-refractivity contribution in [2.45, 2.75) is 11.4 Å². The van der Waals surface area contributed by atoms with Crippen molar-refractivity contribution >= 4 is 26.5 Å². The highest BCUT2D eigenvalue weighted by Crippen LogP contribution is 2.21. The number of hydrogen-bond donors (Lipinski definition) is 1. The fourth-order valence-corrected chi connectivity index (χ4v) is 5.32. The standard InChI is InChI=1S/C21H21N3O4S/c25-24(26)19-8-4-9-20(15-19)29(27,28)23-13-11-22(12-14-23)16-18-7-3-6-17-5-1-2-10-21(17)18/h1-10,15H,11-14,16H2/p+1. The number of nitro groups is 1. The van der Waals surface area contributed by atoms with Crippen LogP contribution in [0.3, 0.4) is 0 Å². The van der Waals surface area contributed by atoms with Crippen molar-refractivity contribution in [3.63, 3.8) is 0 Å². The molecule has 0 radical (unpaired) electrons. The molecule has 0 saturated carbocycles. The molecule has 8 heteroatoms. The van der Waals surface area contributed by atoms with E-state index in [9.17, 15) is 18.5 Å². The number of nitrogens with zero attached hydrogens (tertiary/aromatic N) is 2. The first kappa shape index (κ1) is 19.5. The third kappa shape index (κ3) is 4.00. The zero-order valence-corrected chi connectivity index (χ0v) is 16.6. The Balaban J connectivity index is 1.46. The highest BCUT2D eigenvalue weighted by Gasteiger charge is 2.31. The molecule has 0 bridgehead atoms. The zero-order valence-electron chi connectivity index (χ0n) is 15.8. The van der Waals surface area contributed by atoms with E-state index in [2.05, 4.69) is 30.3 Å². The predicted octanol–water partition coefficient (Wildman–Crippen LogP) is 1.84. The lowest BCUT2D eigenvalue weighted by atomic mass is 10.0. The molecule has 0 unspecified atom stereocenters. The molecule has 1 N–H and O–H groups in total. The second-order valence-corrected chi connectivity index (χ2v) is 9.16. The smallest absolute Gasteiger partial charge is 0.270 e. The minimum atomic E-state index is -3.73. The number of quaternary nitrogens is 1. The van der Waals surface area contributed by atoms with Gasteiger partial charge in [-0.1, -0.05) is 48.5 Å². The van der Waals surface area contributed by atoms with Gasteiger partial charge in [0.1, 0.15) is 6.54 Å². The molecular formula is C21H22N3O4S+. The summed E-state index contributed by atoms with van der Waals surface area (Å²) in [5.41, 5.74) is 1.04. The molecule has 150 valence electrons. The number of piperazine rings is 1. The van der Waals surface area contributed by atoms with Gasteiger partial charge in [-0.3, -0.25) is 10.1 Å². The summed E-state index contributed by atoms with van der Waals surface area (Å²) in [6, 6.07) is 19.8. The highest BCUT2D eigenvalue weighted by atomic mass is 32.2. The molecule has 4 rings (SSSR count). The van der Waals surface area contributed by atoms with E-state index in [0.717, 1.165) is 12.6 Å². The maximum absolute atomic E-state index is 12.9. The second kappa shape index (κ2) is 7.90. The molecule has 1 saturated heterocycles. The van der Waals surface area contributed by atoms with Gasteiger partial charge in [0.05, 0.1) is 36.0 Å². The minimum Gasteiger partial charge on any atom is -0.329 e. The molecule has 1 aliphatic heterocycles. The average molecular weight is 412 g/mol. The summed E-state index contributed by atoms with van der Waals surface area (Å²) in [4.78, 5) is 11.7. The van der Waals surface area contributed by atoms with E-state index in [-0.39, 0.29) is 10.6 Å². The van der Waals surface area contributed by atoms with E-state index in [0.29, 0.717) is 26.2 Å². The minimum absolute atomic E-state index is 0.0239. The SMILES string of the molecule is O=[N+]([O-])c1cccc(S(=O)(=O)N2CC[NH+](Cc3cccc4ccccc34)CC2)c1. The van der Waals surface area contributed by atoms with E-state index < -0.39 is 14.9 Å². The Morgan fingerprint density at radius 3 is 2.41 bits per heavy atom. The van der Waals surface area contributed by atoms with Crippen LogP contribution in [-0.4, -0.2) is 43.8 Å². The number of hydrogen-bond acceptors (Lipinski definition) is 4. The topological polar surface area (TPSA) is 85.0 Å². The van der Waals surface area contributed by atoms with Crippen LogP contribution in [0.5, 0.6) is 0 Å². The van der Waals surface area contributed by atoms with Crippen molar-refractivity contribution in [1.29, 1.82) is 0 Å². The third-order valence-corrected chi connectivity index (χ3v) is 7.31. The summed E-state index contributed by atoms with van der Waals surface area (Å²) in [6.07, 6.45) is 0. The fourth-order valence-electron chi connectivity index (χ4n) is 3.84. The third-order valence-electron chi connectivity index (χ3n) is 5.42. The van der Waals surface area contributed by atoms with Gasteiger partial charge in [-0.2, -0.15) is 4.31 Å². The molecule has 0 aromatic heterocycles. The molecule has 3 aromatic rings. The highest BCUT2D eigenvalue weighted by molar-refractivity contribution is 7.89. The summed E-state index contributed by atoms with van der Waals surface area (Å²) < 4.78 is 27.2. The van der Waals surface area contributed by atoms with E-state index in [1.54, 1.807) is 0 Å².